The van der Waals surface area contributed by atoms with Crippen molar-refractivity contribution in [1.29, 1.82) is 0 Å². The minimum absolute atomic E-state index is 0.0123. The predicted octanol–water partition coefficient (Wildman–Crippen LogP) is 4.02. The van der Waals surface area contributed by atoms with Crippen LogP contribution < -0.4 is 4.74 Å². The van der Waals surface area contributed by atoms with Gasteiger partial charge in [-0.2, -0.15) is 0 Å². The summed E-state index contributed by atoms with van der Waals surface area (Å²) in [4.78, 5) is 23.3. The molecule has 2 aromatic heterocycles. The number of nitrogens with zero attached hydrogens (tertiary/aromatic N) is 3. The molecule has 0 fully saturated rings. The van der Waals surface area contributed by atoms with Crippen LogP contribution in [0.15, 0.2) is 61.1 Å². The molecule has 0 saturated heterocycles. The highest BCUT2D eigenvalue weighted by atomic mass is 16.5. The zero-order chi connectivity index (χ0) is 21.7. The number of benzene rings is 2. The number of ether oxygens (including phenoxy) is 1. The third kappa shape index (κ3) is 3.11. The normalized spacial score (nSPS) is 17.5. The van der Waals surface area contributed by atoms with Gasteiger partial charge < -0.3 is 19.2 Å². The maximum absolute atomic E-state index is 13.4. The summed E-state index contributed by atoms with van der Waals surface area (Å²) in [5.41, 5.74) is 6.63. The van der Waals surface area contributed by atoms with Crippen LogP contribution in [0.1, 0.15) is 34.1 Å². The summed E-state index contributed by atoms with van der Waals surface area (Å²) < 4.78 is 7.59. The third-order valence-electron chi connectivity index (χ3n) is 6.47. The maximum atomic E-state index is 13.4. The minimum atomic E-state index is -0.169. The molecule has 0 saturated carbocycles. The largest absolute Gasteiger partial charge is 0.493 e. The van der Waals surface area contributed by atoms with Crippen molar-refractivity contribution in [2.75, 3.05) is 13.2 Å². The van der Waals surface area contributed by atoms with E-state index in [2.05, 4.69) is 40.3 Å². The van der Waals surface area contributed by atoms with E-state index >= 15 is 0 Å². The highest BCUT2D eigenvalue weighted by Gasteiger charge is 2.34. The lowest BCUT2D eigenvalue weighted by atomic mass is 9.91. The Morgan fingerprint density at radius 3 is 3.00 bits per heavy atom. The smallest absolute Gasteiger partial charge is 0.247 e. The molecule has 2 aromatic carbocycles. The maximum Gasteiger partial charge on any atom is 0.247 e. The number of hydrogen-bond donors (Lipinski definition) is 1. The van der Waals surface area contributed by atoms with E-state index in [4.69, 9.17) is 4.74 Å². The Labute approximate surface area is 186 Å². The molecule has 2 aliphatic rings. The van der Waals surface area contributed by atoms with Crippen molar-refractivity contribution in [3.05, 3.63) is 89.1 Å². The van der Waals surface area contributed by atoms with Crippen molar-refractivity contribution < 1.29 is 9.53 Å². The third-order valence-corrected chi connectivity index (χ3v) is 6.47. The van der Waals surface area contributed by atoms with Crippen LogP contribution in [0.25, 0.3) is 17.0 Å². The Balaban J connectivity index is 1.43. The molecule has 0 spiro atoms. The fraction of sp³-hybridized carbons (Fsp3) is 0.231. The molecule has 2 aliphatic heterocycles. The number of aromatic amines is 1. The molecule has 0 aliphatic carbocycles. The molecule has 6 rings (SSSR count). The van der Waals surface area contributed by atoms with Crippen molar-refractivity contribution in [2.24, 2.45) is 7.05 Å². The molecule has 1 N–H and O–H groups in total. The Bertz CT molecular complexity index is 1360. The second kappa shape index (κ2) is 7.41. The van der Waals surface area contributed by atoms with E-state index in [1.165, 1.54) is 16.5 Å². The molecule has 1 amide bonds. The Morgan fingerprint density at radius 2 is 2.12 bits per heavy atom. The van der Waals surface area contributed by atoms with E-state index in [1.54, 1.807) is 18.5 Å². The second-order valence-corrected chi connectivity index (χ2v) is 8.51. The Kier molecular flexibility index (Phi) is 4.38. The monoisotopic (exact) mass is 424 g/mol. The first kappa shape index (κ1) is 18.9. The Morgan fingerprint density at radius 1 is 1.22 bits per heavy atom. The first-order valence-electron chi connectivity index (χ1n) is 11.0. The van der Waals surface area contributed by atoms with Gasteiger partial charge in [-0.15, -0.1) is 0 Å². The number of carbonyl (C=O) groups is 1. The molecule has 4 aromatic rings. The van der Waals surface area contributed by atoms with Gasteiger partial charge in [-0.05, 0) is 47.4 Å². The van der Waals surface area contributed by atoms with E-state index < -0.39 is 0 Å². The molecule has 1 atom stereocenters. The summed E-state index contributed by atoms with van der Waals surface area (Å²) in [6.45, 7) is 1.38. The fourth-order valence-corrected chi connectivity index (χ4v) is 4.97. The van der Waals surface area contributed by atoms with Gasteiger partial charge in [0, 0.05) is 48.9 Å². The van der Waals surface area contributed by atoms with Gasteiger partial charge in [0.1, 0.15) is 5.75 Å². The molecule has 6 heteroatoms. The standard InChI is InChI=1S/C26H24N4O2/c1-29-15-19(27-16-29)7-9-24(31)30-12-10-21-20-4-2-3-5-22(20)28-25(21)26(30)18-6-8-23-17(14-18)11-13-32-23/h2-9,14-16,26,28H,10-13H2,1H3. The van der Waals surface area contributed by atoms with Gasteiger partial charge in [-0.3, -0.25) is 4.79 Å². The van der Waals surface area contributed by atoms with Gasteiger partial charge in [0.05, 0.1) is 24.7 Å². The second-order valence-electron chi connectivity index (χ2n) is 8.51. The van der Waals surface area contributed by atoms with Crippen LogP contribution in [0.5, 0.6) is 5.75 Å². The predicted molar refractivity (Wildman–Crippen MR) is 123 cm³/mol. The van der Waals surface area contributed by atoms with Crippen molar-refractivity contribution in [2.45, 2.75) is 18.9 Å². The molecule has 32 heavy (non-hydrogen) atoms. The number of H-pyrrole nitrogens is 1. The SMILES string of the molecule is Cn1cnc(C=CC(=O)N2CCc3c([nH]c4ccccc34)C2c2ccc3c(c2)CCO3)c1. The molecular weight excluding hydrogens is 400 g/mol. The van der Waals surface area contributed by atoms with Gasteiger partial charge in [0.2, 0.25) is 5.91 Å². The molecule has 1 unspecified atom stereocenters. The van der Waals surface area contributed by atoms with Gasteiger partial charge in [0.15, 0.2) is 0 Å². The summed E-state index contributed by atoms with van der Waals surface area (Å²) >= 11 is 0. The van der Waals surface area contributed by atoms with Crippen LogP contribution in [0.3, 0.4) is 0 Å². The average molecular weight is 425 g/mol. The lowest BCUT2D eigenvalue weighted by molar-refractivity contribution is -0.128. The number of aromatic nitrogens is 3. The van der Waals surface area contributed by atoms with E-state index in [9.17, 15) is 4.79 Å². The summed E-state index contributed by atoms with van der Waals surface area (Å²) in [6, 6.07) is 14.6. The molecule has 0 radical (unpaired) electrons. The van der Waals surface area contributed by atoms with Crippen LogP contribution in [0.4, 0.5) is 0 Å². The summed E-state index contributed by atoms with van der Waals surface area (Å²) in [5, 5.41) is 1.24. The van der Waals surface area contributed by atoms with E-state index in [-0.39, 0.29) is 11.9 Å². The minimum Gasteiger partial charge on any atom is -0.493 e. The number of amides is 1. The zero-order valence-corrected chi connectivity index (χ0v) is 17.9. The summed E-state index contributed by atoms with van der Waals surface area (Å²) in [6.07, 6.45) is 8.79. The van der Waals surface area contributed by atoms with Gasteiger partial charge in [-0.25, -0.2) is 4.98 Å². The summed E-state index contributed by atoms with van der Waals surface area (Å²) in [5.74, 6) is 0.941. The molecule has 4 heterocycles. The van der Waals surface area contributed by atoms with Crippen LogP contribution in [0.2, 0.25) is 0 Å². The van der Waals surface area contributed by atoms with Crippen molar-refractivity contribution >= 4 is 22.9 Å². The number of hydrogen-bond acceptors (Lipinski definition) is 3. The molecule has 160 valence electrons. The number of para-hydroxylation sites is 1. The van der Waals surface area contributed by atoms with E-state index in [0.717, 1.165) is 47.7 Å². The van der Waals surface area contributed by atoms with Gasteiger partial charge in [0.25, 0.3) is 0 Å². The molecule has 0 bridgehead atoms. The van der Waals surface area contributed by atoms with E-state index in [0.29, 0.717) is 6.54 Å². The van der Waals surface area contributed by atoms with Crippen molar-refractivity contribution in [3.8, 4) is 5.75 Å². The topological polar surface area (TPSA) is 63.2 Å². The number of fused-ring (bicyclic) bond motifs is 4. The first-order chi connectivity index (χ1) is 15.7. The van der Waals surface area contributed by atoms with Crippen molar-refractivity contribution in [3.63, 3.8) is 0 Å². The number of nitrogens with one attached hydrogen (secondary N) is 1. The van der Waals surface area contributed by atoms with Gasteiger partial charge >= 0.3 is 0 Å². The quantitative estimate of drug-likeness (QED) is 0.505. The van der Waals surface area contributed by atoms with Crippen LogP contribution >= 0.6 is 0 Å². The lowest BCUT2D eigenvalue weighted by Crippen LogP contribution is -2.39. The number of rotatable bonds is 3. The number of carbonyl (C=O) groups excluding carboxylic acids is 1. The summed E-state index contributed by atoms with van der Waals surface area (Å²) in [7, 11) is 1.92. The van der Waals surface area contributed by atoms with E-state index in [1.807, 2.05) is 34.8 Å². The molecule has 6 nitrogen and oxygen atoms in total. The lowest BCUT2D eigenvalue weighted by Gasteiger charge is -2.35. The molecular formula is C26H24N4O2. The van der Waals surface area contributed by atoms with Gasteiger partial charge in [-0.1, -0.05) is 24.3 Å². The number of imidazole rings is 1. The average Bonchev–Trinajstić information content (AvgIpc) is 3.54. The van der Waals surface area contributed by atoms with Crippen molar-refractivity contribution in [1.82, 2.24) is 19.4 Å². The first-order valence-corrected chi connectivity index (χ1v) is 11.0. The van der Waals surface area contributed by atoms with Crippen LogP contribution in [-0.4, -0.2) is 38.5 Å². The fourth-order valence-electron chi connectivity index (χ4n) is 4.97. The zero-order valence-electron chi connectivity index (χ0n) is 17.9. The highest BCUT2D eigenvalue weighted by Crippen LogP contribution is 2.40. The highest BCUT2D eigenvalue weighted by molar-refractivity contribution is 5.93. The Hall–Kier alpha value is -3.80. The number of aryl methyl sites for hydroxylation is 1. The van der Waals surface area contributed by atoms with Crippen LogP contribution in [0, 0.1) is 0 Å². The van der Waals surface area contributed by atoms with Crippen LogP contribution in [-0.2, 0) is 24.7 Å².